The second-order valence-corrected chi connectivity index (χ2v) is 6.09. The summed E-state index contributed by atoms with van der Waals surface area (Å²) in [7, 11) is 1.70. The van der Waals surface area contributed by atoms with Gasteiger partial charge in [0.1, 0.15) is 12.4 Å². The van der Waals surface area contributed by atoms with Crippen molar-refractivity contribution < 1.29 is 14.1 Å². The van der Waals surface area contributed by atoms with E-state index in [1.165, 1.54) is 12.4 Å². The molecule has 8 heteroatoms. The molecule has 26 heavy (non-hydrogen) atoms. The highest BCUT2D eigenvalue weighted by Crippen LogP contribution is 2.20. The van der Waals surface area contributed by atoms with Crippen molar-refractivity contribution in [3.05, 3.63) is 71.1 Å². The average molecular weight is 373 g/mol. The summed E-state index contributed by atoms with van der Waals surface area (Å²) in [5.74, 6) is 0.664. The van der Waals surface area contributed by atoms with Gasteiger partial charge in [-0.05, 0) is 19.1 Å². The third-order valence-electron chi connectivity index (χ3n) is 3.86. The maximum atomic E-state index is 12.6. The van der Waals surface area contributed by atoms with Crippen LogP contribution in [-0.4, -0.2) is 33.0 Å². The highest BCUT2D eigenvalue weighted by molar-refractivity contribution is 6.30. The highest BCUT2D eigenvalue weighted by atomic mass is 35.5. The van der Waals surface area contributed by atoms with Gasteiger partial charge in [0.2, 0.25) is 0 Å². The maximum absolute atomic E-state index is 12.6. The van der Waals surface area contributed by atoms with Crippen LogP contribution in [0.3, 0.4) is 0 Å². The van der Waals surface area contributed by atoms with Gasteiger partial charge in [-0.25, -0.2) is 0 Å². The molecule has 1 unspecified atom stereocenters. The Balaban J connectivity index is 1.64. The van der Waals surface area contributed by atoms with E-state index in [2.05, 4.69) is 15.1 Å². The Kier molecular flexibility index (Phi) is 5.48. The van der Waals surface area contributed by atoms with E-state index < -0.39 is 0 Å². The van der Waals surface area contributed by atoms with Crippen LogP contribution in [0.15, 0.2) is 53.4 Å². The SMILES string of the molecule is CC(c1ccccn1)N(C)C(=O)c1cc(COc2cncc(Cl)c2)on1. The minimum absolute atomic E-state index is 0.113. The van der Waals surface area contributed by atoms with Gasteiger partial charge in [0.05, 0.1) is 23.0 Å². The van der Waals surface area contributed by atoms with Crippen molar-refractivity contribution in [1.82, 2.24) is 20.0 Å². The van der Waals surface area contributed by atoms with Crippen molar-refractivity contribution in [2.75, 3.05) is 7.05 Å². The van der Waals surface area contributed by atoms with Crippen LogP contribution in [0, 0.1) is 0 Å². The predicted molar refractivity (Wildman–Crippen MR) is 94.8 cm³/mol. The quantitative estimate of drug-likeness (QED) is 0.658. The summed E-state index contributed by atoms with van der Waals surface area (Å²) in [5, 5.41) is 4.31. The van der Waals surface area contributed by atoms with Gasteiger partial charge >= 0.3 is 0 Å². The van der Waals surface area contributed by atoms with E-state index in [0.717, 1.165) is 5.69 Å². The molecule has 134 valence electrons. The van der Waals surface area contributed by atoms with Crippen LogP contribution in [0.2, 0.25) is 5.02 Å². The molecular formula is C18H17ClN4O3. The molecule has 0 N–H and O–H groups in total. The predicted octanol–water partition coefficient (Wildman–Crippen LogP) is 3.53. The van der Waals surface area contributed by atoms with E-state index in [1.54, 1.807) is 30.3 Å². The summed E-state index contributed by atoms with van der Waals surface area (Å²) in [5.41, 5.74) is 1.00. The van der Waals surface area contributed by atoms with Gasteiger partial charge in [-0.2, -0.15) is 0 Å². The molecule has 0 saturated heterocycles. The molecule has 3 aromatic rings. The van der Waals surface area contributed by atoms with E-state index in [4.69, 9.17) is 20.9 Å². The van der Waals surface area contributed by atoms with E-state index in [1.807, 2.05) is 25.1 Å². The fourth-order valence-electron chi connectivity index (χ4n) is 2.29. The van der Waals surface area contributed by atoms with Crippen LogP contribution >= 0.6 is 11.6 Å². The molecule has 0 aromatic carbocycles. The van der Waals surface area contributed by atoms with Crippen LogP contribution in [0.5, 0.6) is 5.75 Å². The number of halogens is 1. The molecule has 0 aliphatic heterocycles. The number of rotatable bonds is 6. The average Bonchev–Trinajstić information content (AvgIpc) is 3.14. The summed E-state index contributed by atoms with van der Waals surface area (Å²) in [4.78, 5) is 22.4. The van der Waals surface area contributed by atoms with E-state index in [9.17, 15) is 4.79 Å². The first-order chi connectivity index (χ1) is 12.5. The van der Waals surface area contributed by atoms with E-state index in [-0.39, 0.29) is 24.2 Å². The number of aromatic nitrogens is 3. The van der Waals surface area contributed by atoms with Crippen LogP contribution in [-0.2, 0) is 6.61 Å². The number of carbonyl (C=O) groups excluding carboxylic acids is 1. The van der Waals surface area contributed by atoms with Crippen molar-refractivity contribution in [2.45, 2.75) is 19.6 Å². The summed E-state index contributed by atoms with van der Waals surface area (Å²) in [6.45, 7) is 2.01. The lowest BCUT2D eigenvalue weighted by molar-refractivity contribution is 0.0729. The zero-order valence-corrected chi connectivity index (χ0v) is 15.1. The second-order valence-electron chi connectivity index (χ2n) is 5.65. The minimum atomic E-state index is -0.262. The van der Waals surface area contributed by atoms with Gasteiger partial charge in [0.25, 0.3) is 5.91 Å². The van der Waals surface area contributed by atoms with E-state index in [0.29, 0.717) is 16.5 Å². The largest absolute Gasteiger partial charge is 0.484 e. The Labute approximate surface area is 155 Å². The fraction of sp³-hybridized carbons (Fsp3) is 0.222. The first-order valence-corrected chi connectivity index (χ1v) is 8.29. The van der Waals surface area contributed by atoms with Crippen LogP contribution in [0.4, 0.5) is 0 Å². The Hall–Kier alpha value is -2.93. The minimum Gasteiger partial charge on any atom is -0.484 e. The first-order valence-electron chi connectivity index (χ1n) is 7.91. The fourth-order valence-corrected chi connectivity index (χ4v) is 2.45. The van der Waals surface area contributed by atoms with Crippen molar-refractivity contribution in [2.24, 2.45) is 0 Å². The zero-order chi connectivity index (χ0) is 18.5. The lowest BCUT2D eigenvalue weighted by Gasteiger charge is -2.23. The van der Waals surface area contributed by atoms with Crippen molar-refractivity contribution >= 4 is 17.5 Å². The van der Waals surface area contributed by atoms with Crippen molar-refractivity contribution in [3.63, 3.8) is 0 Å². The van der Waals surface area contributed by atoms with Gasteiger partial charge < -0.3 is 14.2 Å². The third kappa shape index (κ3) is 4.18. The lowest BCUT2D eigenvalue weighted by atomic mass is 10.2. The highest BCUT2D eigenvalue weighted by Gasteiger charge is 2.22. The Morgan fingerprint density at radius 1 is 1.35 bits per heavy atom. The first kappa shape index (κ1) is 17.9. The van der Waals surface area contributed by atoms with Gasteiger partial charge in [0, 0.05) is 31.6 Å². The molecule has 3 aromatic heterocycles. The standard InChI is InChI=1S/C18H17ClN4O3/c1-12(16-5-3-4-6-21-16)23(2)18(24)17-8-15(26-22-17)11-25-14-7-13(19)9-20-10-14/h3-10,12H,11H2,1-2H3. The van der Waals surface area contributed by atoms with Gasteiger partial charge in [0.15, 0.2) is 11.5 Å². The molecule has 7 nitrogen and oxygen atoms in total. The maximum Gasteiger partial charge on any atom is 0.276 e. The summed E-state index contributed by atoms with van der Waals surface area (Å²) in [6.07, 6.45) is 4.75. The summed E-state index contributed by atoms with van der Waals surface area (Å²) >= 11 is 5.85. The normalized spacial score (nSPS) is 11.8. The molecule has 0 saturated carbocycles. The Morgan fingerprint density at radius 3 is 2.92 bits per heavy atom. The molecule has 0 radical (unpaired) electrons. The lowest BCUT2D eigenvalue weighted by Crippen LogP contribution is -2.30. The van der Waals surface area contributed by atoms with Crippen LogP contribution in [0.25, 0.3) is 0 Å². The van der Waals surface area contributed by atoms with Crippen molar-refractivity contribution in [1.29, 1.82) is 0 Å². The Bertz CT molecular complexity index is 885. The molecule has 0 bridgehead atoms. The monoisotopic (exact) mass is 372 g/mol. The third-order valence-corrected chi connectivity index (χ3v) is 4.06. The number of hydrogen-bond acceptors (Lipinski definition) is 6. The molecule has 0 fully saturated rings. The summed E-state index contributed by atoms with van der Waals surface area (Å²) in [6, 6.07) is 8.58. The van der Waals surface area contributed by atoms with Gasteiger partial charge in [-0.15, -0.1) is 0 Å². The molecule has 1 amide bonds. The van der Waals surface area contributed by atoms with Crippen molar-refractivity contribution in [3.8, 4) is 5.75 Å². The van der Waals surface area contributed by atoms with Crippen LogP contribution in [0.1, 0.15) is 34.9 Å². The van der Waals surface area contributed by atoms with Gasteiger partial charge in [-0.1, -0.05) is 22.8 Å². The molecule has 0 aliphatic carbocycles. The molecule has 1 atom stereocenters. The molecule has 3 rings (SSSR count). The number of nitrogens with zero attached hydrogens (tertiary/aromatic N) is 4. The number of ether oxygens (including phenoxy) is 1. The Morgan fingerprint density at radius 2 is 2.19 bits per heavy atom. The topological polar surface area (TPSA) is 81.4 Å². The smallest absolute Gasteiger partial charge is 0.276 e. The summed E-state index contributed by atoms with van der Waals surface area (Å²) < 4.78 is 10.7. The van der Waals surface area contributed by atoms with Gasteiger partial charge in [-0.3, -0.25) is 14.8 Å². The molecule has 0 spiro atoms. The number of hydrogen-bond donors (Lipinski definition) is 0. The van der Waals surface area contributed by atoms with Crippen LogP contribution < -0.4 is 4.74 Å². The number of amides is 1. The number of carbonyl (C=O) groups is 1. The number of pyridine rings is 2. The molecule has 0 aliphatic rings. The van der Waals surface area contributed by atoms with E-state index >= 15 is 0 Å². The molecular weight excluding hydrogens is 356 g/mol. The molecule has 3 heterocycles. The zero-order valence-electron chi connectivity index (χ0n) is 14.3. The second kappa shape index (κ2) is 7.97.